The number of nitrogens with zero attached hydrogens (tertiary/aromatic N) is 1. The van der Waals surface area contributed by atoms with Crippen molar-refractivity contribution in [2.45, 2.75) is 24.9 Å². The Kier molecular flexibility index (Phi) is 4.62. The predicted octanol–water partition coefficient (Wildman–Crippen LogP) is 0.550. The maximum atomic E-state index is 10.9. The van der Waals surface area contributed by atoms with Crippen molar-refractivity contribution in [3.8, 4) is 5.75 Å². The normalized spacial score (nSPS) is 18.7. The van der Waals surface area contributed by atoms with Crippen LogP contribution in [-0.2, 0) is 11.2 Å². The van der Waals surface area contributed by atoms with Crippen molar-refractivity contribution in [1.82, 2.24) is 4.90 Å². The first-order chi connectivity index (χ1) is 9.50. The van der Waals surface area contributed by atoms with Crippen LogP contribution in [0, 0.1) is 0 Å². The number of hydrogen-bond donors (Lipinski definition) is 2. The van der Waals surface area contributed by atoms with E-state index < -0.39 is 5.60 Å². The number of methoxy groups -OCH3 is 1. The molecule has 1 aromatic rings. The fourth-order valence-corrected chi connectivity index (χ4v) is 2.69. The number of piperidine rings is 1. The molecular formula is C15H22N2O3. The Balaban J connectivity index is 1.94. The molecule has 110 valence electrons. The second kappa shape index (κ2) is 6.24. The SMILES string of the molecule is COc1cccc(CC2(O)CCN(CC(N)=O)CC2)c1. The lowest BCUT2D eigenvalue weighted by atomic mass is 9.85. The minimum absolute atomic E-state index is 0.273. The molecule has 0 aromatic heterocycles. The minimum Gasteiger partial charge on any atom is -0.497 e. The Hall–Kier alpha value is -1.59. The molecule has 2 rings (SSSR count). The van der Waals surface area contributed by atoms with Gasteiger partial charge in [0.25, 0.3) is 0 Å². The summed E-state index contributed by atoms with van der Waals surface area (Å²) in [5.74, 6) is 0.487. The third-order valence-corrected chi connectivity index (χ3v) is 3.83. The summed E-state index contributed by atoms with van der Waals surface area (Å²) in [5, 5.41) is 10.7. The van der Waals surface area contributed by atoms with E-state index in [2.05, 4.69) is 0 Å². The standard InChI is InChI=1S/C15H22N2O3/c1-20-13-4-2-3-12(9-13)10-15(19)5-7-17(8-6-15)11-14(16)18/h2-4,9,19H,5-8,10-11H2,1H3,(H2,16,18). The van der Waals surface area contributed by atoms with E-state index in [1.54, 1.807) is 7.11 Å². The Morgan fingerprint density at radius 1 is 1.45 bits per heavy atom. The molecule has 0 bridgehead atoms. The summed E-state index contributed by atoms with van der Waals surface area (Å²) in [6.45, 7) is 1.67. The van der Waals surface area contributed by atoms with E-state index in [1.165, 1.54) is 0 Å². The van der Waals surface area contributed by atoms with E-state index in [0.29, 0.717) is 32.4 Å². The molecular weight excluding hydrogens is 256 g/mol. The van der Waals surface area contributed by atoms with Gasteiger partial charge in [-0.05, 0) is 30.5 Å². The van der Waals surface area contributed by atoms with Gasteiger partial charge < -0.3 is 15.6 Å². The third kappa shape index (κ3) is 3.95. The molecule has 1 aliphatic heterocycles. The van der Waals surface area contributed by atoms with Gasteiger partial charge in [-0.15, -0.1) is 0 Å². The van der Waals surface area contributed by atoms with Crippen molar-refractivity contribution in [3.05, 3.63) is 29.8 Å². The van der Waals surface area contributed by atoms with Gasteiger partial charge in [-0.3, -0.25) is 9.69 Å². The molecule has 20 heavy (non-hydrogen) atoms. The van der Waals surface area contributed by atoms with Crippen LogP contribution in [-0.4, -0.2) is 48.3 Å². The number of hydrogen-bond acceptors (Lipinski definition) is 4. The second-order valence-corrected chi connectivity index (χ2v) is 5.50. The van der Waals surface area contributed by atoms with E-state index in [9.17, 15) is 9.90 Å². The number of amides is 1. The smallest absolute Gasteiger partial charge is 0.231 e. The number of primary amides is 1. The zero-order valence-corrected chi connectivity index (χ0v) is 11.8. The van der Waals surface area contributed by atoms with Crippen LogP contribution in [0.5, 0.6) is 5.75 Å². The Morgan fingerprint density at radius 3 is 2.75 bits per heavy atom. The highest BCUT2D eigenvalue weighted by atomic mass is 16.5. The highest BCUT2D eigenvalue weighted by Crippen LogP contribution is 2.27. The third-order valence-electron chi connectivity index (χ3n) is 3.83. The lowest BCUT2D eigenvalue weighted by molar-refractivity contribution is -0.120. The first kappa shape index (κ1) is 14.8. The molecule has 5 nitrogen and oxygen atoms in total. The molecule has 1 amide bonds. The first-order valence-electron chi connectivity index (χ1n) is 6.87. The van der Waals surface area contributed by atoms with Gasteiger partial charge >= 0.3 is 0 Å². The molecule has 0 saturated carbocycles. The molecule has 0 aliphatic carbocycles. The first-order valence-corrected chi connectivity index (χ1v) is 6.87. The zero-order valence-electron chi connectivity index (χ0n) is 11.8. The van der Waals surface area contributed by atoms with E-state index in [4.69, 9.17) is 10.5 Å². The average molecular weight is 278 g/mol. The predicted molar refractivity (Wildman–Crippen MR) is 76.5 cm³/mol. The van der Waals surface area contributed by atoms with E-state index in [-0.39, 0.29) is 12.5 Å². The van der Waals surface area contributed by atoms with Gasteiger partial charge in [0.2, 0.25) is 5.91 Å². The number of carbonyl (C=O) groups is 1. The summed E-state index contributed by atoms with van der Waals surface area (Å²) in [5.41, 5.74) is 5.55. The molecule has 1 saturated heterocycles. The molecule has 1 aliphatic rings. The molecule has 5 heteroatoms. The number of rotatable bonds is 5. The summed E-state index contributed by atoms with van der Waals surface area (Å²) >= 11 is 0. The van der Waals surface area contributed by atoms with Gasteiger partial charge in [-0.25, -0.2) is 0 Å². The number of carbonyl (C=O) groups excluding carboxylic acids is 1. The number of benzene rings is 1. The Bertz CT molecular complexity index is 468. The van der Waals surface area contributed by atoms with Gasteiger partial charge in [-0.1, -0.05) is 12.1 Å². The number of aliphatic hydroxyl groups is 1. The van der Waals surface area contributed by atoms with Crippen molar-refractivity contribution in [3.63, 3.8) is 0 Å². The highest BCUT2D eigenvalue weighted by molar-refractivity contribution is 5.75. The topological polar surface area (TPSA) is 75.8 Å². The van der Waals surface area contributed by atoms with Gasteiger partial charge in [0.1, 0.15) is 5.75 Å². The molecule has 3 N–H and O–H groups in total. The molecule has 0 unspecified atom stereocenters. The van der Waals surface area contributed by atoms with Crippen LogP contribution < -0.4 is 10.5 Å². The maximum Gasteiger partial charge on any atom is 0.231 e. The largest absolute Gasteiger partial charge is 0.497 e. The van der Waals surface area contributed by atoms with E-state index in [0.717, 1.165) is 11.3 Å². The van der Waals surface area contributed by atoms with Crippen LogP contribution >= 0.6 is 0 Å². The van der Waals surface area contributed by atoms with Gasteiger partial charge in [0, 0.05) is 19.5 Å². The Morgan fingerprint density at radius 2 is 2.15 bits per heavy atom. The number of ether oxygens (including phenoxy) is 1. The monoisotopic (exact) mass is 278 g/mol. The van der Waals surface area contributed by atoms with Crippen molar-refractivity contribution in [2.24, 2.45) is 5.73 Å². The van der Waals surface area contributed by atoms with Crippen LogP contribution in [0.4, 0.5) is 0 Å². The molecule has 0 radical (unpaired) electrons. The summed E-state index contributed by atoms with van der Waals surface area (Å²) < 4.78 is 5.20. The van der Waals surface area contributed by atoms with Crippen LogP contribution in [0.2, 0.25) is 0 Å². The van der Waals surface area contributed by atoms with E-state index >= 15 is 0 Å². The molecule has 1 heterocycles. The average Bonchev–Trinajstić information content (AvgIpc) is 2.41. The van der Waals surface area contributed by atoms with Gasteiger partial charge in [0.05, 0.1) is 19.3 Å². The van der Waals surface area contributed by atoms with Crippen LogP contribution in [0.3, 0.4) is 0 Å². The molecule has 1 aromatic carbocycles. The summed E-state index contributed by atoms with van der Waals surface area (Å²) in [7, 11) is 1.64. The van der Waals surface area contributed by atoms with E-state index in [1.807, 2.05) is 29.2 Å². The van der Waals surface area contributed by atoms with Crippen LogP contribution in [0.25, 0.3) is 0 Å². The molecule has 1 fully saturated rings. The second-order valence-electron chi connectivity index (χ2n) is 5.50. The summed E-state index contributed by atoms with van der Waals surface area (Å²) in [6, 6.07) is 7.77. The zero-order chi connectivity index (χ0) is 14.6. The number of likely N-dealkylation sites (tertiary alicyclic amines) is 1. The maximum absolute atomic E-state index is 10.9. The van der Waals surface area contributed by atoms with Crippen LogP contribution in [0.15, 0.2) is 24.3 Å². The Labute approximate surface area is 119 Å². The summed E-state index contributed by atoms with van der Waals surface area (Å²) in [6.07, 6.45) is 1.91. The van der Waals surface area contributed by atoms with Crippen LogP contribution in [0.1, 0.15) is 18.4 Å². The fraction of sp³-hybridized carbons (Fsp3) is 0.533. The molecule has 0 spiro atoms. The van der Waals surface area contributed by atoms with Crippen molar-refractivity contribution in [2.75, 3.05) is 26.7 Å². The highest BCUT2D eigenvalue weighted by Gasteiger charge is 2.32. The quantitative estimate of drug-likeness (QED) is 0.824. The van der Waals surface area contributed by atoms with Crippen molar-refractivity contribution in [1.29, 1.82) is 0 Å². The van der Waals surface area contributed by atoms with Gasteiger partial charge in [0.15, 0.2) is 0 Å². The van der Waals surface area contributed by atoms with Crippen molar-refractivity contribution < 1.29 is 14.6 Å². The lowest BCUT2D eigenvalue weighted by Gasteiger charge is -2.37. The fourth-order valence-electron chi connectivity index (χ4n) is 2.69. The molecule has 0 atom stereocenters. The minimum atomic E-state index is -0.708. The van der Waals surface area contributed by atoms with Crippen molar-refractivity contribution >= 4 is 5.91 Å². The lowest BCUT2D eigenvalue weighted by Crippen LogP contribution is -2.47. The number of nitrogens with two attached hydrogens (primary N) is 1. The van der Waals surface area contributed by atoms with Gasteiger partial charge in [-0.2, -0.15) is 0 Å². The summed E-state index contributed by atoms with van der Waals surface area (Å²) in [4.78, 5) is 12.9.